The molecule has 4 nitrogen and oxygen atoms in total. The molecule has 1 N–H and O–H groups in total. The van der Waals surface area contributed by atoms with Crippen molar-refractivity contribution >= 4 is 18.4 Å². The van der Waals surface area contributed by atoms with Gasteiger partial charge in [0.05, 0.1) is 6.21 Å². The molecule has 0 aliphatic carbocycles. The van der Waals surface area contributed by atoms with Gasteiger partial charge >= 0.3 is 0 Å². The van der Waals surface area contributed by atoms with Gasteiger partial charge in [-0.05, 0) is 53.5 Å². The van der Waals surface area contributed by atoms with Crippen molar-refractivity contribution in [2.45, 2.75) is 19.8 Å². The minimum atomic E-state index is -0.298. The molecule has 0 atom stereocenters. The van der Waals surface area contributed by atoms with E-state index in [9.17, 15) is 4.39 Å². The van der Waals surface area contributed by atoms with Crippen LogP contribution in [0.4, 0.5) is 4.39 Å². The van der Waals surface area contributed by atoms with E-state index in [0.717, 1.165) is 11.1 Å². The maximum absolute atomic E-state index is 13.1. The molecule has 122 valence electrons. The van der Waals surface area contributed by atoms with Gasteiger partial charge in [0.2, 0.25) is 4.77 Å². The molecule has 3 aromatic rings. The highest BCUT2D eigenvalue weighted by Gasteiger charge is 2.08. The first-order valence-corrected chi connectivity index (χ1v) is 8.03. The number of nitrogens with one attached hydrogen (secondary N) is 1. The van der Waals surface area contributed by atoms with E-state index in [-0.39, 0.29) is 5.82 Å². The van der Waals surface area contributed by atoms with E-state index in [1.807, 2.05) is 12.1 Å². The van der Waals surface area contributed by atoms with Crippen LogP contribution in [0.5, 0.6) is 0 Å². The van der Waals surface area contributed by atoms with Crippen LogP contribution in [0.15, 0.2) is 53.6 Å². The van der Waals surface area contributed by atoms with Crippen LogP contribution >= 0.6 is 12.2 Å². The van der Waals surface area contributed by atoms with Gasteiger partial charge in [-0.1, -0.05) is 38.1 Å². The van der Waals surface area contributed by atoms with Crippen LogP contribution in [0.1, 0.15) is 30.9 Å². The summed E-state index contributed by atoms with van der Waals surface area (Å²) in [7, 11) is 0. The van der Waals surface area contributed by atoms with Gasteiger partial charge in [-0.3, -0.25) is 0 Å². The number of nitrogens with zero attached hydrogens (tertiary/aromatic N) is 3. The maximum Gasteiger partial charge on any atom is 0.216 e. The summed E-state index contributed by atoms with van der Waals surface area (Å²) in [6.07, 6.45) is 1.72. The van der Waals surface area contributed by atoms with Gasteiger partial charge in [-0.2, -0.15) is 14.9 Å². The summed E-state index contributed by atoms with van der Waals surface area (Å²) in [5.41, 5.74) is 2.97. The summed E-state index contributed by atoms with van der Waals surface area (Å²) in [5, 5.41) is 11.3. The fraction of sp³-hybridized carbons (Fsp3) is 0.167. The molecule has 3 rings (SSSR count). The molecule has 0 aliphatic rings. The third-order valence-corrected chi connectivity index (χ3v) is 3.94. The number of hydrogen-bond donors (Lipinski definition) is 1. The lowest BCUT2D eigenvalue weighted by Gasteiger charge is -2.04. The fourth-order valence-electron chi connectivity index (χ4n) is 2.28. The highest BCUT2D eigenvalue weighted by molar-refractivity contribution is 7.71. The minimum absolute atomic E-state index is 0.298. The van der Waals surface area contributed by atoms with Crippen LogP contribution in [0, 0.1) is 10.6 Å². The van der Waals surface area contributed by atoms with E-state index >= 15 is 0 Å². The molecule has 0 aliphatic heterocycles. The number of hydrogen-bond acceptors (Lipinski definition) is 3. The van der Waals surface area contributed by atoms with Crippen molar-refractivity contribution in [3.05, 3.63) is 70.2 Å². The molecule has 2 aromatic carbocycles. The molecule has 0 spiro atoms. The zero-order chi connectivity index (χ0) is 17.1. The first-order valence-electron chi connectivity index (χ1n) is 7.62. The van der Waals surface area contributed by atoms with Crippen molar-refractivity contribution in [3.63, 3.8) is 0 Å². The number of aromatic nitrogens is 3. The Morgan fingerprint density at radius 2 is 1.79 bits per heavy atom. The topological polar surface area (TPSA) is 46.0 Å². The number of halogens is 1. The molecule has 0 unspecified atom stereocenters. The van der Waals surface area contributed by atoms with Crippen molar-refractivity contribution in [2.24, 2.45) is 5.10 Å². The van der Waals surface area contributed by atoms with Crippen LogP contribution in [-0.4, -0.2) is 21.1 Å². The summed E-state index contributed by atoms with van der Waals surface area (Å²) >= 11 is 5.23. The summed E-state index contributed by atoms with van der Waals surface area (Å²) < 4.78 is 15.0. The van der Waals surface area contributed by atoms with E-state index in [4.69, 9.17) is 12.2 Å². The summed E-state index contributed by atoms with van der Waals surface area (Å²) in [6, 6.07) is 14.2. The largest absolute Gasteiger partial charge is 0.250 e. The number of rotatable bonds is 4. The molecule has 0 saturated heterocycles. The molecular formula is C18H17FN4S. The highest BCUT2D eigenvalue weighted by atomic mass is 32.1. The average Bonchev–Trinajstić information content (AvgIpc) is 2.95. The number of H-pyrrole nitrogens is 1. The van der Waals surface area contributed by atoms with E-state index in [1.165, 1.54) is 22.4 Å². The summed E-state index contributed by atoms with van der Waals surface area (Å²) in [5.74, 6) is 0.729. The first kappa shape index (κ1) is 16.3. The third-order valence-electron chi connectivity index (χ3n) is 3.68. The first-order chi connectivity index (χ1) is 11.5. The van der Waals surface area contributed by atoms with E-state index in [0.29, 0.717) is 16.5 Å². The van der Waals surface area contributed by atoms with Gasteiger partial charge < -0.3 is 0 Å². The van der Waals surface area contributed by atoms with Gasteiger partial charge in [0.25, 0.3) is 0 Å². The van der Waals surface area contributed by atoms with Crippen molar-refractivity contribution in [3.8, 4) is 11.4 Å². The zero-order valence-corrected chi connectivity index (χ0v) is 14.2. The van der Waals surface area contributed by atoms with Gasteiger partial charge in [-0.15, -0.1) is 0 Å². The lowest BCUT2D eigenvalue weighted by atomic mass is 10.0. The lowest BCUT2D eigenvalue weighted by Crippen LogP contribution is -1.95. The van der Waals surface area contributed by atoms with Crippen LogP contribution in [0.2, 0.25) is 0 Å². The molecule has 0 bridgehead atoms. The van der Waals surface area contributed by atoms with Crippen LogP contribution < -0.4 is 0 Å². The Hall–Kier alpha value is -2.60. The van der Waals surface area contributed by atoms with E-state index in [1.54, 1.807) is 18.3 Å². The monoisotopic (exact) mass is 340 g/mol. The zero-order valence-electron chi connectivity index (χ0n) is 13.4. The Labute approximate surface area is 144 Å². The molecule has 0 amide bonds. The molecule has 24 heavy (non-hydrogen) atoms. The number of benzene rings is 2. The standard InChI is InChI=1S/C18H17FN4S/c1-12(2)14-5-3-13(4-6-14)11-20-23-17(21-22-18(23)24)15-7-9-16(19)10-8-15/h3-12H,1-2H3,(H,22,24)/b20-11+. The van der Waals surface area contributed by atoms with Crippen molar-refractivity contribution in [2.75, 3.05) is 0 Å². The summed E-state index contributed by atoms with van der Waals surface area (Å²) in [4.78, 5) is 0. The Morgan fingerprint density at radius 1 is 1.12 bits per heavy atom. The Morgan fingerprint density at radius 3 is 2.42 bits per heavy atom. The summed E-state index contributed by atoms with van der Waals surface area (Å²) in [6.45, 7) is 4.31. The molecule has 1 heterocycles. The lowest BCUT2D eigenvalue weighted by molar-refractivity contribution is 0.628. The molecular weight excluding hydrogens is 323 g/mol. The second-order valence-electron chi connectivity index (χ2n) is 5.74. The fourth-order valence-corrected chi connectivity index (χ4v) is 2.46. The van der Waals surface area contributed by atoms with Crippen LogP contribution in [0.25, 0.3) is 11.4 Å². The second kappa shape index (κ2) is 6.88. The third kappa shape index (κ3) is 3.49. The van der Waals surface area contributed by atoms with Gasteiger partial charge in [0, 0.05) is 5.56 Å². The maximum atomic E-state index is 13.1. The normalized spacial score (nSPS) is 11.5. The Balaban J connectivity index is 1.91. The van der Waals surface area contributed by atoms with Crippen molar-refractivity contribution in [1.29, 1.82) is 0 Å². The van der Waals surface area contributed by atoms with Gasteiger partial charge in [0.15, 0.2) is 5.82 Å². The highest BCUT2D eigenvalue weighted by Crippen LogP contribution is 2.18. The molecule has 0 radical (unpaired) electrons. The van der Waals surface area contributed by atoms with Gasteiger partial charge in [0.1, 0.15) is 5.82 Å². The minimum Gasteiger partial charge on any atom is -0.250 e. The predicted molar refractivity (Wildman–Crippen MR) is 96.3 cm³/mol. The average molecular weight is 340 g/mol. The molecule has 6 heteroatoms. The second-order valence-corrected chi connectivity index (χ2v) is 6.12. The predicted octanol–water partition coefficient (Wildman–Crippen LogP) is 4.75. The molecule has 0 saturated carbocycles. The van der Waals surface area contributed by atoms with Crippen molar-refractivity contribution < 1.29 is 4.39 Å². The van der Waals surface area contributed by atoms with Gasteiger partial charge in [-0.25, -0.2) is 9.49 Å². The number of aromatic amines is 1. The molecule has 1 aromatic heterocycles. The van der Waals surface area contributed by atoms with Crippen LogP contribution in [-0.2, 0) is 0 Å². The Bertz CT molecular complexity index is 905. The van der Waals surface area contributed by atoms with E-state index < -0.39 is 0 Å². The Kier molecular flexibility index (Phi) is 4.66. The van der Waals surface area contributed by atoms with E-state index in [2.05, 4.69) is 41.3 Å². The van der Waals surface area contributed by atoms with Crippen LogP contribution in [0.3, 0.4) is 0 Å². The molecule has 0 fully saturated rings. The SMILES string of the molecule is CC(C)c1ccc(/C=N/n2c(-c3ccc(F)cc3)n[nH]c2=S)cc1. The smallest absolute Gasteiger partial charge is 0.216 e. The van der Waals surface area contributed by atoms with Crippen molar-refractivity contribution in [1.82, 2.24) is 14.9 Å². The quantitative estimate of drug-likeness (QED) is 0.550.